The van der Waals surface area contributed by atoms with Gasteiger partial charge in [0, 0.05) is 11.6 Å². The number of hydrogen-bond acceptors (Lipinski definition) is 3. The maximum Gasteiger partial charge on any atom is 0.320 e. The van der Waals surface area contributed by atoms with Gasteiger partial charge in [0.25, 0.3) is 0 Å². The van der Waals surface area contributed by atoms with Gasteiger partial charge in [-0.25, -0.2) is 0 Å². The Balaban J connectivity index is 2.24. The monoisotopic (exact) mass is 277 g/mol. The van der Waals surface area contributed by atoms with Crippen molar-refractivity contribution in [3.63, 3.8) is 0 Å². The molecule has 20 heavy (non-hydrogen) atoms. The Morgan fingerprint density at radius 3 is 2.90 bits per heavy atom. The lowest BCUT2D eigenvalue weighted by Crippen LogP contribution is -2.45. The molecule has 4 heteroatoms. The van der Waals surface area contributed by atoms with Crippen molar-refractivity contribution in [1.29, 1.82) is 0 Å². The molecule has 1 saturated heterocycles. The molecular weight excluding hydrogens is 254 g/mol. The van der Waals surface area contributed by atoms with E-state index in [4.69, 9.17) is 4.74 Å². The highest BCUT2D eigenvalue weighted by atomic mass is 16.5. The number of para-hydroxylation sites is 1. The van der Waals surface area contributed by atoms with Crippen LogP contribution >= 0.6 is 0 Å². The number of likely N-dealkylation sites (tertiary alicyclic amines) is 1. The largest absolute Gasteiger partial charge is 0.494 e. The average molecular weight is 277 g/mol. The first-order chi connectivity index (χ1) is 9.65. The van der Waals surface area contributed by atoms with Crippen molar-refractivity contribution in [3.8, 4) is 5.75 Å². The molecule has 2 atom stereocenters. The molecular formula is C16H23NO3. The molecule has 2 unspecified atom stereocenters. The molecule has 0 bridgehead atoms. The van der Waals surface area contributed by atoms with Crippen LogP contribution in [0.15, 0.2) is 24.3 Å². The molecule has 0 amide bonds. The maximum atomic E-state index is 11.4. The van der Waals surface area contributed by atoms with Crippen molar-refractivity contribution in [2.24, 2.45) is 0 Å². The van der Waals surface area contributed by atoms with Gasteiger partial charge in [0.1, 0.15) is 11.8 Å². The maximum absolute atomic E-state index is 11.4. The van der Waals surface area contributed by atoms with Gasteiger partial charge in [-0.05, 0) is 39.3 Å². The van der Waals surface area contributed by atoms with Crippen LogP contribution in [0.1, 0.15) is 44.7 Å². The summed E-state index contributed by atoms with van der Waals surface area (Å²) < 4.78 is 5.67. The Kier molecular flexibility index (Phi) is 5.01. The number of aliphatic carboxylic acids is 1. The normalized spacial score (nSPS) is 21.4. The minimum Gasteiger partial charge on any atom is -0.494 e. The summed E-state index contributed by atoms with van der Waals surface area (Å²) in [4.78, 5) is 13.5. The third-order valence-corrected chi connectivity index (χ3v) is 4.00. The van der Waals surface area contributed by atoms with Crippen LogP contribution < -0.4 is 4.74 Å². The van der Waals surface area contributed by atoms with Crippen LogP contribution in [0.2, 0.25) is 0 Å². The number of benzene rings is 1. The number of ether oxygens (including phenoxy) is 1. The van der Waals surface area contributed by atoms with Crippen LogP contribution in [0.3, 0.4) is 0 Å². The molecule has 1 aliphatic rings. The SMILES string of the molecule is CCOc1ccccc1C(C)N1CCCCC1C(=O)O. The van der Waals surface area contributed by atoms with E-state index in [9.17, 15) is 9.90 Å². The lowest BCUT2D eigenvalue weighted by molar-refractivity contribution is -0.145. The molecule has 1 aromatic rings. The van der Waals surface area contributed by atoms with E-state index in [1.165, 1.54) is 0 Å². The standard InChI is InChI=1S/C16H23NO3/c1-3-20-15-10-5-4-8-13(15)12(2)17-11-7-6-9-14(17)16(18)19/h4-5,8,10,12,14H,3,6-7,9,11H2,1-2H3,(H,18,19). The second-order valence-corrected chi connectivity index (χ2v) is 5.23. The summed E-state index contributed by atoms with van der Waals surface area (Å²) >= 11 is 0. The van der Waals surface area contributed by atoms with Crippen molar-refractivity contribution in [3.05, 3.63) is 29.8 Å². The summed E-state index contributed by atoms with van der Waals surface area (Å²) in [5.74, 6) is 0.141. The van der Waals surface area contributed by atoms with E-state index < -0.39 is 5.97 Å². The Morgan fingerprint density at radius 1 is 1.45 bits per heavy atom. The van der Waals surface area contributed by atoms with Crippen molar-refractivity contribution in [2.75, 3.05) is 13.2 Å². The average Bonchev–Trinajstić information content (AvgIpc) is 2.47. The number of rotatable bonds is 5. The van der Waals surface area contributed by atoms with E-state index in [1.54, 1.807) is 0 Å². The van der Waals surface area contributed by atoms with Crippen molar-refractivity contribution >= 4 is 5.97 Å². The zero-order chi connectivity index (χ0) is 14.5. The van der Waals surface area contributed by atoms with E-state index in [0.717, 1.165) is 37.1 Å². The third kappa shape index (κ3) is 3.12. The molecule has 1 fully saturated rings. The second kappa shape index (κ2) is 6.75. The van der Waals surface area contributed by atoms with Gasteiger partial charge in [-0.2, -0.15) is 0 Å². The predicted molar refractivity (Wildman–Crippen MR) is 78.0 cm³/mol. The van der Waals surface area contributed by atoms with Crippen LogP contribution in [0, 0.1) is 0 Å². The number of nitrogens with zero attached hydrogens (tertiary/aromatic N) is 1. The van der Waals surface area contributed by atoms with Crippen LogP contribution in [-0.2, 0) is 4.79 Å². The lowest BCUT2D eigenvalue weighted by Gasteiger charge is -2.38. The van der Waals surface area contributed by atoms with E-state index in [1.807, 2.05) is 31.2 Å². The summed E-state index contributed by atoms with van der Waals surface area (Å²) in [6, 6.07) is 7.59. The Labute approximate surface area is 120 Å². The van der Waals surface area contributed by atoms with Gasteiger partial charge in [0.05, 0.1) is 6.61 Å². The van der Waals surface area contributed by atoms with Gasteiger partial charge < -0.3 is 9.84 Å². The topological polar surface area (TPSA) is 49.8 Å². The van der Waals surface area contributed by atoms with Gasteiger partial charge in [0.2, 0.25) is 0 Å². The van der Waals surface area contributed by atoms with Gasteiger partial charge in [-0.1, -0.05) is 24.6 Å². The number of carboxylic acids is 1. The zero-order valence-corrected chi connectivity index (χ0v) is 12.2. The van der Waals surface area contributed by atoms with Crippen LogP contribution in [0.25, 0.3) is 0 Å². The Morgan fingerprint density at radius 2 is 2.20 bits per heavy atom. The molecule has 1 heterocycles. The second-order valence-electron chi connectivity index (χ2n) is 5.23. The summed E-state index contributed by atoms with van der Waals surface area (Å²) in [6.07, 6.45) is 2.79. The smallest absolute Gasteiger partial charge is 0.320 e. The number of carboxylic acid groups (broad SMARTS) is 1. The lowest BCUT2D eigenvalue weighted by atomic mass is 9.96. The molecule has 0 radical (unpaired) electrons. The van der Waals surface area contributed by atoms with Gasteiger partial charge >= 0.3 is 5.97 Å². The van der Waals surface area contributed by atoms with Crippen LogP contribution in [-0.4, -0.2) is 35.2 Å². The van der Waals surface area contributed by atoms with E-state index >= 15 is 0 Å². The first kappa shape index (κ1) is 14.9. The molecule has 1 aromatic carbocycles. The summed E-state index contributed by atoms with van der Waals surface area (Å²) in [6.45, 7) is 5.48. The Hall–Kier alpha value is -1.55. The molecule has 0 aliphatic carbocycles. The van der Waals surface area contributed by atoms with Gasteiger partial charge in [-0.3, -0.25) is 9.69 Å². The van der Waals surface area contributed by atoms with E-state index in [2.05, 4.69) is 11.8 Å². The highest BCUT2D eigenvalue weighted by Gasteiger charge is 2.33. The van der Waals surface area contributed by atoms with Crippen molar-refractivity contribution in [2.45, 2.75) is 45.2 Å². The number of carbonyl (C=O) groups is 1. The van der Waals surface area contributed by atoms with Crippen molar-refractivity contribution in [1.82, 2.24) is 4.90 Å². The molecule has 0 aromatic heterocycles. The third-order valence-electron chi connectivity index (χ3n) is 4.00. The highest BCUT2D eigenvalue weighted by Crippen LogP contribution is 2.33. The quantitative estimate of drug-likeness (QED) is 0.898. The number of hydrogen-bond donors (Lipinski definition) is 1. The van der Waals surface area contributed by atoms with E-state index in [-0.39, 0.29) is 12.1 Å². The minimum absolute atomic E-state index is 0.0548. The molecule has 2 rings (SSSR count). The first-order valence-corrected chi connectivity index (χ1v) is 7.35. The molecule has 0 spiro atoms. The minimum atomic E-state index is -0.717. The molecule has 1 N–H and O–H groups in total. The van der Waals surface area contributed by atoms with E-state index in [0.29, 0.717) is 6.61 Å². The van der Waals surface area contributed by atoms with Crippen LogP contribution in [0.5, 0.6) is 5.75 Å². The van der Waals surface area contributed by atoms with Crippen LogP contribution in [0.4, 0.5) is 0 Å². The first-order valence-electron chi connectivity index (χ1n) is 7.35. The number of piperidine rings is 1. The fourth-order valence-electron chi connectivity index (χ4n) is 2.97. The fraction of sp³-hybridized carbons (Fsp3) is 0.562. The fourth-order valence-corrected chi connectivity index (χ4v) is 2.97. The summed E-state index contributed by atoms with van der Waals surface area (Å²) in [5, 5.41) is 9.40. The zero-order valence-electron chi connectivity index (χ0n) is 12.2. The van der Waals surface area contributed by atoms with Gasteiger partial charge in [0.15, 0.2) is 0 Å². The molecule has 0 saturated carbocycles. The summed E-state index contributed by atoms with van der Waals surface area (Å²) in [5.41, 5.74) is 1.07. The molecule has 110 valence electrons. The Bertz CT molecular complexity index is 461. The highest BCUT2D eigenvalue weighted by molar-refractivity contribution is 5.73. The van der Waals surface area contributed by atoms with Gasteiger partial charge in [-0.15, -0.1) is 0 Å². The van der Waals surface area contributed by atoms with Crippen molar-refractivity contribution < 1.29 is 14.6 Å². The molecule has 4 nitrogen and oxygen atoms in total. The predicted octanol–water partition coefficient (Wildman–Crippen LogP) is 3.09. The molecule has 1 aliphatic heterocycles. The summed E-state index contributed by atoms with van der Waals surface area (Å²) in [7, 11) is 0.